The van der Waals surface area contributed by atoms with Gasteiger partial charge >= 0.3 is 6.09 Å². The summed E-state index contributed by atoms with van der Waals surface area (Å²) in [4.78, 5) is 31.2. The predicted molar refractivity (Wildman–Crippen MR) is 117 cm³/mol. The van der Waals surface area contributed by atoms with Gasteiger partial charge in [-0.15, -0.1) is 0 Å². The van der Waals surface area contributed by atoms with Gasteiger partial charge in [0, 0.05) is 31.8 Å². The third-order valence-electron chi connectivity index (χ3n) is 5.66. The number of amides is 2. The van der Waals surface area contributed by atoms with Crippen LogP contribution in [0.3, 0.4) is 0 Å². The first kappa shape index (κ1) is 23.9. The summed E-state index contributed by atoms with van der Waals surface area (Å²) in [5, 5.41) is 2.80. The molecule has 1 aliphatic rings. The van der Waals surface area contributed by atoms with E-state index in [1.807, 2.05) is 34.6 Å². The molecule has 1 saturated heterocycles. The molecule has 176 valence electrons. The summed E-state index contributed by atoms with van der Waals surface area (Å²) in [6.07, 6.45) is 2.56. The van der Waals surface area contributed by atoms with Crippen LogP contribution in [0.25, 0.3) is 11.0 Å². The van der Waals surface area contributed by atoms with Gasteiger partial charge < -0.3 is 19.5 Å². The Labute approximate surface area is 187 Å². The van der Waals surface area contributed by atoms with Crippen LogP contribution < -0.4 is 5.32 Å². The van der Waals surface area contributed by atoms with Gasteiger partial charge in [-0.2, -0.15) is 0 Å². The predicted octanol–water partition coefficient (Wildman–Crippen LogP) is 4.27. The molecule has 32 heavy (non-hydrogen) atoms. The topological polar surface area (TPSA) is 76.5 Å². The summed E-state index contributed by atoms with van der Waals surface area (Å²) >= 11 is 0. The van der Waals surface area contributed by atoms with E-state index in [0.717, 1.165) is 25.0 Å². The van der Waals surface area contributed by atoms with Crippen LogP contribution in [0, 0.1) is 23.5 Å². The summed E-state index contributed by atoms with van der Waals surface area (Å²) < 4.78 is 34.3. The molecule has 2 aromatic rings. The molecule has 0 saturated carbocycles. The Morgan fingerprint density at radius 3 is 2.41 bits per heavy atom. The summed E-state index contributed by atoms with van der Waals surface area (Å²) in [5.74, 6) is -1.80. The molecule has 1 aromatic heterocycles. The Hall–Kier alpha value is -2.71. The average molecular weight is 451 g/mol. The van der Waals surface area contributed by atoms with Gasteiger partial charge in [-0.3, -0.25) is 4.79 Å². The lowest BCUT2D eigenvalue weighted by atomic mass is 9.95. The number of nitrogens with zero attached hydrogens (tertiary/aromatic N) is 3. The highest BCUT2D eigenvalue weighted by Crippen LogP contribution is 2.28. The number of benzene rings is 1. The summed E-state index contributed by atoms with van der Waals surface area (Å²) in [7, 11) is 0. The van der Waals surface area contributed by atoms with Crippen LogP contribution >= 0.6 is 0 Å². The van der Waals surface area contributed by atoms with Crippen LogP contribution in [0.5, 0.6) is 0 Å². The highest BCUT2D eigenvalue weighted by Gasteiger charge is 2.32. The number of fused-ring (bicyclic) bond motifs is 1. The molecule has 1 aromatic carbocycles. The summed E-state index contributed by atoms with van der Waals surface area (Å²) in [6, 6.07) is 1.57. The van der Waals surface area contributed by atoms with Crippen LogP contribution in [0.15, 0.2) is 18.5 Å². The van der Waals surface area contributed by atoms with E-state index in [1.54, 1.807) is 9.47 Å². The molecule has 3 rings (SSSR count). The van der Waals surface area contributed by atoms with Gasteiger partial charge in [0.1, 0.15) is 11.6 Å². The SMILES string of the molecule is CC(C)C(C(=O)N1CCC(CNC(=O)OC(C)(C)C)CC1)n1cnc2cc(F)c(F)cc21. The second kappa shape index (κ2) is 9.42. The maximum atomic E-state index is 13.8. The number of imidazole rings is 1. The number of hydrogen-bond acceptors (Lipinski definition) is 4. The van der Waals surface area contributed by atoms with E-state index < -0.39 is 29.4 Å². The normalized spacial score (nSPS) is 16.4. The summed E-state index contributed by atoms with van der Waals surface area (Å²) in [6.45, 7) is 10.9. The number of aromatic nitrogens is 2. The molecule has 1 fully saturated rings. The summed E-state index contributed by atoms with van der Waals surface area (Å²) in [5.41, 5.74) is 0.166. The van der Waals surface area contributed by atoms with Crippen LogP contribution in [0.1, 0.15) is 53.5 Å². The van der Waals surface area contributed by atoms with E-state index >= 15 is 0 Å². The van der Waals surface area contributed by atoms with E-state index in [4.69, 9.17) is 4.74 Å². The monoisotopic (exact) mass is 450 g/mol. The lowest BCUT2D eigenvalue weighted by Crippen LogP contribution is -2.45. The van der Waals surface area contributed by atoms with Gasteiger partial charge in [0.05, 0.1) is 17.4 Å². The molecule has 2 heterocycles. The van der Waals surface area contributed by atoms with Gasteiger partial charge in [0.2, 0.25) is 5.91 Å². The minimum atomic E-state index is -0.965. The fourth-order valence-electron chi connectivity index (χ4n) is 4.06. The van der Waals surface area contributed by atoms with Crippen molar-refractivity contribution in [1.82, 2.24) is 19.8 Å². The second-order valence-corrected chi connectivity index (χ2v) is 9.75. The van der Waals surface area contributed by atoms with Crippen molar-refractivity contribution in [2.24, 2.45) is 11.8 Å². The van der Waals surface area contributed by atoms with E-state index in [2.05, 4.69) is 10.3 Å². The van der Waals surface area contributed by atoms with Gasteiger partial charge in [0.15, 0.2) is 11.6 Å². The molecule has 1 unspecified atom stereocenters. The van der Waals surface area contributed by atoms with Crippen molar-refractivity contribution in [1.29, 1.82) is 0 Å². The molecule has 9 heteroatoms. The van der Waals surface area contributed by atoms with Crippen molar-refractivity contribution in [2.75, 3.05) is 19.6 Å². The largest absolute Gasteiger partial charge is 0.444 e. The highest BCUT2D eigenvalue weighted by molar-refractivity contribution is 5.84. The smallest absolute Gasteiger partial charge is 0.407 e. The molecule has 7 nitrogen and oxygen atoms in total. The number of piperidine rings is 1. The van der Waals surface area contributed by atoms with Crippen molar-refractivity contribution in [3.05, 3.63) is 30.1 Å². The average Bonchev–Trinajstić information content (AvgIpc) is 3.08. The number of alkyl carbamates (subject to hydrolysis) is 1. The van der Waals surface area contributed by atoms with E-state index in [0.29, 0.717) is 30.7 Å². The number of rotatable bonds is 5. The molecule has 1 N–H and O–H groups in total. The molecular weight excluding hydrogens is 418 g/mol. The Balaban J connectivity index is 1.64. The fourth-order valence-corrected chi connectivity index (χ4v) is 4.06. The molecule has 1 atom stereocenters. The molecule has 2 amide bonds. The fraction of sp³-hybridized carbons (Fsp3) is 0.609. The van der Waals surface area contributed by atoms with Gasteiger partial charge in [0.25, 0.3) is 0 Å². The Morgan fingerprint density at radius 2 is 1.81 bits per heavy atom. The number of hydrogen-bond donors (Lipinski definition) is 1. The molecule has 1 aliphatic heterocycles. The first-order chi connectivity index (χ1) is 15.0. The minimum absolute atomic E-state index is 0.0671. The number of likely N-dealkylation sites (tertiary alicyclic amines) is 1. The van der Waals surface area contributed by atoms with Crippen molar-refractivity contribution in [3.63, 3.8) is 0 Å². The lowest BCUT2D eigenvalue weighted by Gasteiger charge is -2.35. The standard InChI is InChI=1S/C23H32F2N4O3/c1-14(2)20(29-13-27-18-10-16(24)17(25)11-19(18)29)21(30)28-8-6-15(7-9-28)12-26-22(31)32-23(3,4)5/h10-11,13-15,20H,6-9,12H2,1-5H3,(H,26,31). The number of halogens is 2. The minimum Gasteiger partial charge on any atom is -0.444 e. The van der Waals surface area contributed by atoms with Gasteiger partial charge in [-0.05, 0) is 45.4 Å². The van der Waals surface area contributed by atoms with E-state index in [1.165, 1.54) is 6.33 Å². The van der Waals surface area contributed by atoms with Crippen molar-refractivity contribution >= 4 is 23.0 Å². The van der Waals surface area contributed by atoms with Crippen LogP contribution in [0.4, 0.5) is 13.6 Å². The first-order valence-electron chi connectivity index (χ1n) is 11.0. The lowest BCUT2D eigenvalue weighted by molar-refractivity contribution is -0.137. The van der Waals surface area contributed by atoms with Gasteiger partial charge in [-0.1, -0.05) is 13.8 Å². The second-order valence-electron chi connectivity index (χ2n) is 9.75. The zero-order valence-corrected chi connectivity index (χ0v) is 19.3. The third kappa shape index (κ3) is 5.55. The molecule has 0 spiro atoms. The number of carbonyl (C=O) groups excluding carboxylic acids is 2. The van der Waals surface area contributed by atoms with Crippen molar-refractivity contribution in [2.45, 2.75) is 59.1 Å². The number of carbonyl (C=O) groups is 2. The zero-order valence-electron chi connectivity index (χ0n) is 19.3. The van der Waals surface area contributed by atoms with Crippen LogP contribution in [-0.2, 0) is 9.53 Å². The van der Waals surface area contributed by atoms with E-state index in [-0.39, 0.29) is 17.7 Å². The van der Waals surface area contributed by atoms with Gasteiger partial charge in [-0.25, -0.2) is 18.6 Å². The van der Waals surface area contributed by atoms with Crippen molar-refractivity contribution < 1.29 is 23.1 Å². The van der Waals surface area contributed by atoms with Crippen LogP contribution in [0.2, 0.25) is 0 Å². The Morgan fingerprint density at radius 1 is 1.19 bits per heavy atom. The van der Waals surface area contributed by atoms with Crippen LogP contribution in [-0.4, -0.2) is 51.7 Å². The highest BCUT2D eigenvalue weighted by atomic mass is 19.2. The maximum absolute atomic E-state index is 13.8. The Bertz CT molecular complexity index is 976. The third-order valence-corrected chi connectivity index (χ3v) is 5.66. The molecule has 0 radical (unpaired) electrons. The maximum Gasteiger partial charge on any atom is 0.407 e. The molecule has 0 bridgehead atoms. The number of ether oxygens (including phenoxy) is 1. The quantitative estimate of drug-likeness (QED) is 0.738. The zero-order chi connectivity index (χ0) is 23.6. The molecular formula is C23H32F2N4O3. The first-order valence-corrected chi connectivity index (χ1v) is 11.0. The Kier molecular flexibility index (Phi) is 7.05. The van der Waals surface area contributed by atoms with Crippen molar-refractivity contribution in [3.8, 4) is 0 Å². The van der Waals surface area contributed by atoms with E-state index in [9.17, 15) is 18.4 Å². The molecule has 0 aliphatic carbocycles. The number of nitrogens with one attached hydrogen (secondary N) is 1.